The number of benzene rings is 1. The molecule has 0 saturated carbocycles. The van der Waals surface area contributed by atoms with Gasteiger partial charge in [0, 0.05) is 17.4 Å². The fraction of sp³-hybridized carbons (Fsp3) is 0.412. The molecule has 0 radical (unpaired) electrons. The Morgan fingerprint density at radius 3 is 2.58 bits per heavy atom. The molecule has 1 aromatic rings. The standard InChI is InChI=1S/C17H19IO6/c1-11(19)21-10-16-15(23-12(2)20)7-8-17(24-16)22-9-13-5-3-4-6-14(13)18/h3-8,15-17H,9-10H2,1-2H3/t15-,16+,17?/m0/s1. The van der Waals surface area contributed by atoms with Gasteiger partial charge >= 0.3 is 11.9 Å². The maximum Gasteiger partial charge on any atom is 0.303 e. The summed E-state index contributed by atoms with van der Waals surface area (Å²) < 4.78 is 22.7. The third-order valence-corrected chi connectivity index (χ3v) is 4.30. The second-order valence-electron chi connectivity index (χ2n) is 5.21. The van der Waals surface area contributed by atoms with Crippen LogP contribution in [0, 0.1) is 3.57 Å². The summed E-state index contributed by atoms with van der Waals surface area (Å²) in [5.41, 5.74) is 1.05. The van der Waals surface area contributed by atoms with E-state index in [9.17, 15) is 9.59 Å². The van der Waals surface area contributed by atoms with Crippen molar-refractivity contribution in [3.8, 4) is 0 Å². The Hall–Kier alpha value is -1.45. The molecule has 2 rings (SSSR count). The van der Waals surface area contributed by atoms with Gasteiger partial charge in [-0.2, -0.15) is 0 Å². The van der Waals surface area contributed by atoms with Crippen LogP contribution in [0.1, 0.15) is 19.4 Å². The minimum Gasteiger partial charge on any atom is -0.463 e. The Bertz CT molecular complexity index is 615. The summed E-state index contributed by atoms with van der Waals surface area (Å²) in [6.45, 7) is 2.99. The number of halogens is 1. The van der Waals surface area contributed by atoms with Gasteiger partial charge in [0.05, 0.1) is 6.61 Å². The van der Waals surface area contributed by atoms with Crippen molar-refractivity contribution in [2.24, 2.45) is 0 Å². The van der Waals surface area contributed by atoms with Crippen molar-refractivity contribution in [3.05, 3.63) is 45.6 Å². The van der Waals surface area contributed by atoms with Crippen molar-refractivity contribution in [3.63, 3.8) is 0 Å². The normalized spacial score (nSPS) is 22.9. The van der Waals surface area contributed by atoms with E-state index in [-0.39, 0.29) is 6.61 Å². The lowest BCUT2D eigenvalue weighted by Gasteiger charge is -2.31. The van der Waals surface area contributed by atoms with E-state index in [1.165, 1.54) is 13.8 Å². The van der Waals surface area contributed by atoms with Gasteiger partial charge in [0.25, 0.3) is 0 Å². The van der Waals surface area contributed by atoms with Crippen LogP contribution in [-0.2, 0) is 35.1 Å². The highest BCUT2D eigenvalue weighted by atomic mass is 127. The lowest BCUT2D eigenvalue weighted by Crippen LogP contribution is -2.42. The predicted molar refractivity (Wildman–Crippen MR) is 93.9 cm³/mol. The van der Waals surface area contributed by atoms with Gasteiger partial charge in [-0.25, -0.2) is 0 Å². The van der Waals surface area contributed by atoms with Crippen LogP contribution < -0.4 is 0 Å². The lowest BCUT2D eigenvalue weighted by molar-refractivity contribution is -0.200. The molecular formula is C17H19IO6. The van der Waals surface area contributed by atoms with Crippen LogP contribution in [0.2, 0.25) is 0 Å². The number of carbonyl (C=O) groups excluding carboxylic acids is 2. The molecule has 1 unspecified atom stereocenters. The van der Waals surface area contributed by atoms with Crippen LogP contribution >= 0.6 is 22.6 Å². The summed E-state index contributed by atoms with van der Waals surface area (Å²) in [7, 11) is 0. The SMILES string of the molecule is CC(=O)OC[C@H]1OC(OCc2ccccc2I)C=C[C@@H]1OC(C)=O. The third kappa shape index (κ3) is 5.88. The molecule has 3 atom stereocenters. The van der Waals surface area contributed by atoms with Crippen LogP contribution in [0.4, 0.5) is 0 Å². The van der Waals surface area contributed by atoms with Crippen LogP contribution in [-0.4, -0.2) is 37.0 Å². The summed E-state index contributed by atoms with van der Waals surface area (Å²) in [4.78, 5) is 22.2. The van der Waals surface area contributed by atoms with E-state index < -0.39 is 30.4 Å². The van der Waals surface area contributed by atoms with Gasteiger partial charge in [0.2, 0.25) is 0 Å². The van der Waals surface area contributed by atoms with Gasteiger partial charge in [-0.15, -0.1) is 0 Å². The Labute approximate surface area is 154 Å². The second kappa shape index (κ2) is 9.14. The van der Waals surface area contributed by atoms with Crippen molar-refractivity contribution in [2.45, 2.75) is 39.0 Å². The van der Waals surface area contributed by atoms with Crippen LogP contribution in [0.5, 0.6) is 0 Å². The molecule has 7 heteroatoms. The summed E-state index contributed by atoms with van der Waals surface area (Å²) in [5, 5.41) is 0. The first-order valence-electron chi connectivity index (χ1n) is 7.45. The number of esters is 2. The highest BCUT2D eigenvalue weighted by Gasteiger charge is 2.31. The van der Waals surface area contributed by atoms with Gasteiger partial charge in [-0.3, -0.25) is 9.59 Å². The molecule has 0 amide bonds. The maximum atomic E-state index is 11.2. The lowest BCUT2D eigenvalue weighted by atomic mass is 10.1. The zero-order valence-electron chi connectivity index (χ0n) is 13.4. The largest absolute Gasteiger partial charge is 0.463 e. The molecule has 24 heavy (non-hydrogen) atoms. The molecule has 1 aromatic carbocycles. The topological polar surface area (TPSA) is 71.1 Å². The first-order valence-corrected chi connectivity index (χ1v) is 8.53. The molecule has 6 nitrogen and oxygen atoms in total. The molecular weight excluding hydrogens is 427 g/mol. The third-order valence-electron chi connectivity index (χ3n) is 3.25. The summed E-state index contributed by atoms with van der Waals surface area (Å²) in [6, 6.07) is 7.88. The van der Waals surface area contributed by atoms with Gasteiger partial charge in [-0.05, 0) is 46.4 Å². The van der Waals surface area contributed by atoms with E-state index in [1.54, 1.807) is 12.2 Å². The number of carbonyl (C=O) groups is 2. The Morgan fingerprint density at radius 2 is 1.92 bits per heavy atom. The Balaban J connectivity index is 1.97. The minimum atomic E-state index is -0.612. The van der Waals surface area contributed by atoms with Crippen molar-refractivity contribution < 1.29 is 28.5 Å². The smallest absolute Gasteiger partial charge is 0.303 e. The van der Waals surface area contributed by atoms with E-state index >= 15 is 0 Å². The predicted octanol–water partition coefficient (Wildman–Crippen LogP) is 2.58. The average molecular weight is 446 g/mol. The highest BCUT2D eigenvalue weighted by Crippen LogP contribution is 2.20. The molecule has 1 aliphatic heterocycles. The molecule has 0 bridgehead atoms. The van der Waals surface area contributed by atoms with E-state index in [4.69, 9.17) is 18.9 Å². The second-order valence-corrected chi connectivity index (χ2v) is 6.37. The number of hydrogen-bond donors (Lipinski definition) is 0. The molecule has 0 aromatic heterocycles. The summed E-state index contributed by atoms with van der Waals surface area (Å²) in [6.07, 6.45) is 1.56. The van der Waals surface area contributed by atoms with Crippen LogP contribution in [0.3, 0.4) is 0 Å². The molecule has 0 saturated heterocycles. The van der Waals surface area contributed by atoms with E-state index in [0.717, 1.165) is 9.13 Å². The van der Waals surface area contributed by atoms with Crippen molar-refractivity contribution >= 4 is 34.5 Å². The minimum absolute atomic E-state index is 0.0135. The number of hydrogen-bond acceptors (Lipinski definition) is 6. The number of rotatable bonds is 6. The molecule has 1 heterocycles. The van der Waals surface area contributed by atoms with Gasteiger partial charge < -0.3 is 18.9 Å². The highest BCUT2D eigenvalue weighted by molar-refractivity contribution is 14.1. The molecule has 130 valence electrons. The average Bonchev–Trinajstić information content (AvgIpc) is 2.53. The van der Waals surface area contributed by atoms with E-state index in [0.29, 0.717) is 6.61 Å². The van der Waals surface area contributed by atoms with E-state index in [2.05, 4.69) is 22.6 Å². The maximum absolute atomic E-state index is 11.2. The zero-order valence-corrected chi connectivity index (χ0v) is 15.6. The summed E-state index contributed by atoms with van der Waals surface area (Å²) >= 11 is 2.24. The van der Waals surface area contributed by atoms with Crippen molar-refractivity contribution in [1.29, 1.82) is 0 Å². The first-order chi connectivity index (χ1) is 11.5. The van der Waals surface area contributed by atoms with Crippen molar-refractivity contribution in [2.75, 3.05) is 6.61 Å². The van der Waals surface area contributed by atoms with Crippen LogP contribution in [0.25, 0.3) is 0 Å². The monoisotopic (exact) mass is 446 g/mol. The summed E-state index contributed by atoms with van der Waals surface area (Å²) in [5.74, 6) is -0.856. The number of ether oxygens (including phenoxy) is 4. The Kier molecular flexibility index (Phi) is 7.19. The van der Waals surface area contributed by atoms with Crippen molar-refractivity contribution in [1.82, 2.24) is 0 Å². The van der Waals surface area contributed by atoms with E-state index in [1.807, 2.05) is 24.3 Å². The quantitative estimate of drug-likeness (QED) is 0.380. The zero-order chi connectivity index (χ0) is 17.5. The van der Waals surface area contributed by atoms with Gasteiger partial charge in [0.1, 0.15) is 18.8 Å². The fourth-order valence-electron chi connectivity index (χ4n) is 2.14. The van der Waals surface area contributed by atoms with Crippen LogP contribution in [0.15, 0.2) is 36.4 Å². The molecule has 0 spiro atoms. The molecule has 0 fully saturated rings. The van der Waals surface area contributed by atoms with Gasteiger partial charge in [0.15, 0.2) is 6.29 Å². The molecule has 0 aliphatic carbocycles. The molecule has 0 N–H and O–H groups in total. The fourth-order valence-corrected chi connectivity index (χ4v) is 2.68. The molecule has 1 aliphatic rings. The first kappa shape index (κ1) is 18.9. The Morgan fingerprint density at radius 1 is 1.17 bits per heavy atom. The van der Waals surface area contributed by atoms with Gasteiger partial charge in [-0.1, -0.05) is 18.2 Å².